The summed E-state index contributed by atoms with van der Waals surface area (Å²) in [5.74, 6) is 0.463. The highest BCUT2D eigenvalue weighted by atomic mass is 19.1. The minimum absolute atomic E-state index is 0.154. The molecule has 2 heterocycles. The summed E-state index contributed by atoms with van der Waals surface area (Å²) >= 11 is 0. The Morgan fingerprint density at radius 1 is 1.20 bits per heavy atom. The maximum atomic E-state index is 13.3. The number of nitrogens with one attached hydrogen (secondary N) is 1. The standard InChI is InChI=1S/C22H19FN4O3/c1-15-20(14-29-19-8-3-2-4-9-19)21(26-30-15)22(28)25-18-11-24-27(13-18)12-16-6-5-7-17(23)10-16/h2-11,13H,12,14H2,1H3,(H,25,28). The highest BCUT2D eigenvalue weighted by Crippen LogP contribution is 2.19. The van der Waals surface area contributed by atoms with E-state index in [9.17, 15) is 9.18 Å². The third-order valence-electron chi connectivity index (χ3n) is 4.45. The van der Waals surface area contributed by atoms with Gasteiger partial charge in [-0.2, -0.15) is 5.10 Å². The molecule has 2 aromatic heterocycles. The summed E-state index contributed by atoms with van der Waals surface area (Å²) in [7, 11) is 0. The lowest BCUT2D eigenvalue weighted by Gasteiger charge is -2.06. The van der Waals surface area contributed by atoms with Crippen molar-refractivity contribution in [2.45, 2.75) is 20.1 Å². The van der Waals surface area contributed by atoms with Crippen LogP contribution in [0.2, 0.25) is 0 Å². The van der Waals surface area contributed by atoms with Gasteiger partial charge in [-0.25, -0.2) is 4.39 Å². The highest BCUT2D eigenvalue weighted by Gasteiger charge is 2.21. The monoisotopic (exact) mass is 406 g/mol. The van der Waals surface area contributed by atoms with E-state index in [0.29, 0.717) is 29.3 Å². The lowest BCUT2D eigenvalue weighted by Crippen LogP contribution is -2.15. The number of rotatable bonds is 7. The number of benzene rings is 2. The fourth-order valence-corrected chi connectivity index (χ4v) is 2.94. The van der Waals surface area contributed by atoms with Gasteiger partial charge in [0.05, 0.1) is 24.0 Å². The van der Waals surface area contributed by atoms with Crippen molar-refractivity contribution in [3.05, 3.63) is 95.4 Å². The van der Waals surface area contributed by atoms with Crippen LogP contribution in [0.3, 0.4) is 0 Å². The Morgan fingerprint density at radius 2 is 2.03 bits per heavy atom. The molecule has 30 heavy (non-hydrogen) atoms. The number of aromatic nitrogens is 3. The summed E-state index contributed by atoms with van der Waals surface area (Å²) < 4.78 is 25.9. The number of amides is 1. The van der Waals surface area contributed by atoms with E-state index in [-0.39, 0.29) is 18.1 Å². The van der Waals surface area contributed by atoms with Gasteiger partial charge in [-0.1, -0.05) is 35.5 Å². The smallest absolute Gasteiger partial charge is 0.278 e. The van der Waals surface area contributed by atoms with E-state index in [2.05, 4.69) is 15.6 Å². The second kappa shape index (κ2) is 8.60. The molecule has 0 aliphatic rings. The number of aryl methyl sites for hydroxylation is 1. The Balaban J connectivity index is 1.42. The van der Waals surface area contributed by atoms with E-state index in [1.807, 2.05) is 30.3 Å². The summed E-state index contributed by atoms with van der Waals surface area (Å²) in [5, 5.41) is 10.8. The molecule has 8 heteroatoms. The predicted molar refractivity (Wildman–Crippen MR) is 108 cm³/mol. The number of carbonyl (C=O) groups excluding carboxylic acids is 1. The lowest BCUT2D eigenvalue weighted by atomic mass is 10.2. The second-order valence-electron chi connectivity index (χ2n) is 6.68. The zero-order valence-corrected chi connectivity index (χ0v) is 16.2. The Kier molecular flexibility index (Phi) is 5.56. The minimum Gasteiger partial charge on any atom is -0.489 e. The first kappa shape index (κ1) is 19.4. The lowest BCUT2D eigenvalue weighted by molar-refractivity contribution is 0.101. The van der Waals surface area contributed by atoms with Gasteiger partial charge in [-0.05, 0) is 36.8 Å². The molecule has 0 aliphatic heterocycles. The third kappa shape index (κ3) is 4.54. The molecule has 0 saturated heterocycles. The number of nitrogens with zero attached hydrogens (tertiary/aromatic N) is 3. The van der Waals surface area contributed by atoms with Crippen molar-refractivity contribution in [1.82, 2.24) is 14.9 Å². The molecule has 0 spiro atoms. The van der Waals surface area contributed by atoms with Crippen LogP contribution in [0.15, 0.2) is 71.5 Å². The maximum absolute atomic E-state index is 13.3. The molecular weight excluding hydrogens is 387 g/mol. The molecule has 2 aromatic carbocycles. The molecule has 4 aromatic rings. The number of hydrogen-bond donors (Lipinski definition) is 1. The maximum Gasteiger partial charge on any atom is 0.278 e. The van der Waals surface area contributed by atoms with E-state index in [1.165, 1.54) is 18.3 Å². The number of halogens is 1. The van der Waals surface area contributed by atoms with Crippen molar-refractivity contribution in [2.75, 3.05) is 5.32 Å². The summed E-state index contributed by atoms with van der Waals surface area (Å²) in [6.07, 6.45) is 3.18. The predicted octanol–water partition coefficient (Wildman–Crippen LogP) is 4.20. The SMILES string of the molecule is Cc1onc(C(=O)Nc2cnn(Cc3cccc(F)c3)c2)c1COc1ccccc1. The molecule has 1 N–H and O–H groups in total. The first-order valence-corrected chi connectivity index (χ1v) is 9.30. The Labute approximate surface area is 172 Å². The number of ether oxygens (including phenoxy) is 1. The van der Waals surface area contributed by atoms with E-state index < -0.39 is 5.91 Å². The fraction of sp³-hybridized carbons (Fsp3) is 0.136. The number of carbonyl (C=O) groups is 1. The molecule has 0 bridgehead atoms. The van der Waals surface area contributed by atoms with Crippen LogP contribution >= 0.6 is 0 Å². The van der Waals surface area contributed by atoms with E-state index in [1.54, 1.807) is 29.9 Å². The average molecular weight is 406 g/mol. The third-order valence-corrected chi connectivity index (χ3v) is 4.45. The molecule has 152 valence electrons. The Hall–Kier alpha value is -3.94. The number of para-hydroxylation sites is 1. The first-order valence-electron chi connectivity index (χ1n) is 9.30. The van der Waals surface area contributed by atoms with Gasteiger partial charge in [0, 0.05) is 6.20 Å². The van der Waals surface area contributed by atoms with Crippen molar-refractivity contribution in [3.8, 4) is 5.75 Å². The average Bonchev–Trinajstić information content (AvgIpc) is 3.33. The summed E-state index contributed by atoms with van der Waals surface area (Å²) in [4.78, 5) is 12.7. The van der Waals surface area contributed by atoms with Gasteiger partial charge in [0.15, 0.2) is 5.69 Å². The summed E-state index contributed by atoms with van der Waals surface area (Å²) in [5.41, 5.74) is 1.99. The van der Waals surface area contributed by atoms with Crippen LogP contribution in [0, 0.1) is 12.7 Å². The first-order chi connectivity index (χ1) is 14.6. The Bertz CT molecular complexity index is 1150. The van der Waals surface area contributed by atoms with Crippen molar-refractivity contribution in [1.29, 1.82) is 0 Å². The second-order valence-corrected chi connectivity index (χ2v) is 6.68. The molecule has 0 radical (unpaired) electrons. The quantitative estimate of drug-likeness (QED) is 0.497. The topological polar surface area (TPSA) is 82.2 Å². The van der Waals surface area contributed by atoms with E-state index in [4.69, 9.17) is 9.26 Å². The van der Waals surface area contributed by atoms with Gasteiger partial charge in [0.25, 0.3) is 5.91 Å². The summed E-state index contributed by atoms with van der Waals surface area (Å²) in [6, 6.07) is 15.6. The van der Waals surface area contributed by atoms with Crippen LogP contribution in [-0.2, 0) is 13.2 Å². The van der Waals surface area contributed by atoms with Gasteiger partial charge in [0.1, 0.15) is 23.9 Å². The van der Waals surface area contributed by atoms with Crippen molar-refractivity contribution in [2.24, 2.45) is 0 Å². The molecule has 7 nitrogen and oxygen atoms in total. The molecule has 0 atom stereocenters. The molecule has 0 saturated carbocycles. The van der Waals surface area contributed by atoms with Crippen LogP contribution in [0.4, 0.5) is 10.1 Å². The van der Waals surface area contributed by atoms with Gasteiger partial charge in [-0.15, -0.1) is 0 Å². The molecule has 4 rings (SSSR count). The van der Waals surface area contributed by atoms with Gasteiger partial charge in [0.2, 0.25) is 0 Å². The van der Waals surface area contributed by atoms with Crippen molar-refractivity contribution >= 4 is 11.6 Å². The molecule has 0 aliphatic carbocycles. The Morgan fingerprint density at radius 3 is 2.83 bits per heavy atom. The van der Waals surface area contributed by atoms with E-state index >= 15 is 0 Å². The van der Waals surface area contributed by atoms with Gasteiger partial charge < -0.3 is 14.6 Å². The van der Waals surface area contributed by atoms with E-state index in [0.717, 1.165) is 5.56 Å². The van der Waals surface area contributed by atoms with Crippen LogP contribution in [0.5, 0.6) is 5.75 Å². The number of anilines is 1. The molecule has 0 unspecified atom stereocenters. The highest BCUT2D eigenvalue weighted by molar-refractivity contribution is 6.03. The molecule has 1 amide bonds. The zero-order chi connectivity index (χ0) is 20.9. The minimum atomic E-state index is -0.427. The number of hydrogen-bond acceptors (Lipinski definition) is 5. The van der Waals surface area contributed by atoms with Crippen LogP contribution in [0.1, 0.15) is 27.4 Å². The largest absolute Gasteiger partial charge is 0.489 e. The normalized spacial score (nSPS) is 10.7. The summed E-state index contributed by atoms with van der Waals surface area (Å²) in [6.45, 7) is 2.26. The van der Waals surface area contributed by atoms with Crippen LogP contribution in [0.25, 0.3) is 0 Å². The fourth-order valence-electron chi connectivity index (χ4n) is 2.94. The molecule has 0 fully saturated rings. The molecular formula is C22H19FN4O3. The van der Waals surface area contributed by atoms with Gasteiger partial charge in [-0.3, -0.25) is 9.48 Å². The van der Waals surface area contributed by atoms with Crippen molar-refractivity contribution < 1.29 is 18.4 Å². The van der Waals surface area contributed by atoms with Crippen molar-refractivity contribution in [3.63, 3.8) is 0 Å². The van der Waals surface area contributed by atoms with Crippen LogP contribution < -0.4 is 10.1 Å². The zero-order valence-electron chi connectivity index (χ0n) is 16.2. The van der Waals surface area contributed by atoms with Crippen LogP contribution in [-0.4, -0.2) is 20.8 Å². The van der Waals surface area contributed by atoms with Gasteiger partial charge >= 0.3 is 0 Å².